The van der Waals surface area contributed by atoms with Gasteiger partial charge < -0.3 is 10.2 Å². The van der Waals surface area contributed by atoms with Crippen molar-refractivity contribution in [2.75, 3.05) is 13.2 Å². The highest BCUT2D eigenvalue weighted by Crippen LogP contribution is 2.45. The molecule has 0 bridgehead atoms. The van der Waals surface area contributed by atoms with E-state index in [1.54, 1.807) is 0 Å². The summed E-state index contributed by atoms with van der Waals surface area (Å²) in [6.07, 6.45) is 7.76. The van der Waals surface area contributed by atoms with Crippen LogP contribution in [0.15, 0.2) is 0 Å². The summed E-state index contributed by atoms with van der Waals surface area (Å²) >= 11 is 0. The van der Waals surface area contributed by atoms with Crippen LogP contribution < -0.4 is 0 Å². The molecule has 0 amide bonds. The summed E-state index contributed by atoms with van der Waals surface area (Å²) in [6, 6.07) is 0. The van der Waals surface area contributed by atoms with E-state index in [0.717, 1.165) is 12.3 Å². The van der Waals surface area contributed by atoms with Gasteiger partial charge in [-0.25, -0.2) is 0 Å². The maximum Gasteiger partial charge on any atom is 0.0465 e. The van der Waals surface area contributed by atoms with Gasteiger partial charge in [0.1, 0.15) is 0 Å². The molecule has 4 atom stereocenters. The fourth-order valence-electron chi connectivity index (χ4n) is 3.66. The molecule has 2 aliphatic rings. The number of aliphatic hydroxyl groups is 2. The third kappa shape index (κ3) is 1.82. The van der Waals surface area contributed by atoms with Gasteiger partial charge in [0.25, 0.3) is 0 Å². The fourth-order valence-corrected chi connectivity index (χ4v) is 3.66. The molecule has 2 nitrogen and oxygen atoms in total. The van der Waals surface area contributed by atoms with Crippen LogP contribution in [0, 0.1) is 23.7 Å². The van der Waals surface area contributed by atoms with Gasteiger partial charge in [-0.1, -0.05) is 19.3 Å². The van der Waals surface area contributed by atoms with Crippen LogP contribution in [0.25, 0.3) is 0 Å². The molecule has 0 aromatic carbocycles. The topological polar surface area (TPSA) is 40.5 Å². The van der Waals surface area contributed by atoms with Crippen molar-refractivity contribution in [2.45, 2.75) is 38.5 Å². The maximum atomic E-state index is 9.42. The second-order valence-electron chi connectivity index (χ2n) is 5.07. The summed E-state index contributed by atoms with van der Waals surface area (Å²) < 4.78 is 0. The number of hydrogen-bond donors (Lipinski definition) is 2. The summed E-state index contributed by atoms with van der Waals surface area (Å²) in [7, 11) is 0. The molecule has 2 heteroatoms. The van der Waals surface area contributed by atoms with E-state index in [9.17, 15) is 10.2 Å². The highest BCUT2D eigenvalue weighted by Gasteiger charge is 2.39. The first-order valence-corrected chi connectivity index (χ1v) is 6.08. The molecule has 0 aliphatic heterocycles. The molecule has 2 fully saturated rings. The van der Waals surface area contributed by atoms with E-state index in [2.05, 4.69) is 0 Å². The predicted molar refractivity (Wildman–Crippen MR) is 55.8 cm³/mol. The molecular formula is C12H22O2. The average Bonchev–Trinajstić information content (AvgIpc) is 2.27. The van der Waals surface area contributed by atoms with Gasteiger partial charge in [-0.2, -0.15) is 0 Å². The molecule has 2 rings (SSSR count). The predicted octanol–water partition coefficient (Wildman–Crippen LogP) is 1.80. The molecule has 2 saturated carbocycles. The van der Waals surface area contributed by atoms with Gasteiger partial charge in [-0.15, -0.1) is 0 Å². The molecule has 82 valence electrons. The third-order valence-electron chi connectivity index (χ3n) is 4.48. The minimum Gasteiger partial charge on any atom is -0.396 e. The van der Waals surface area contributed by atoms with Gasteiger partial charge in [-0.3, -0.25) is 0 Å². The van der Waals surface area contributed by atoms with Crippen LogP contribution in [0.2, 0.25) is 0 Å². The Hall–Kier alpha value is -0.0800. The van der Waals surface area contributed by atoms with Gasteiger partial charge in [0, 0.05) is 13.2 Å². The minimum atomic E-state index is 0.272. The van der Waals surface area contributed by atoms with Crippen LogP contribution in [0.1, 0.15) is 38.5 Å². The molecule has 0 spiro atoms. The van der Waals surface area contributed by atoms with Gasteiger partial charge in [0.05, 0.1) is 0 Å². The Labute approximate surface area is 86.3 Å². The highest BCUT2D eigenvalue weighted by molar-refractivity contribution is 4.89. The molecule has 2 aliphatic carbocycles. The zero-order chi connectivity index (χ0) is 9.97. The van der Waals surface area contributed by atoms with E-state index in [1.807, 2.05) is 0 Å². The van der Waals surface area contributed by atoms with Crippen molar-refractivity contribution in [1.82, 2.24) is 0 Å². The van der Waals surface area contributed by atoms with Crippen LogP contribution in [0.5, 0.6) is 0 Å². The van der Waals surface area contributed by atoms with Crippen molar-refractivity contribution >= 4 is 0 Å². The van der Waals surface area contributed by atoms with Gasteiger partial charge in [0.2, 0.25) is 0 Å². The minimum absolute atomic E-state index is 0.272. The van der Waals surface area contributed by atoms with Gasteiger partial charge >= 0.3 is 0 Å². The first-order chi connectivity index (χ1) is 6.86. The largest absolute Gasteiger partial charge is 0.396 e. The second-order valence-corrected chi connectivity index (χ2v) is 5.07. The molecule has 2 N–H and O–H groups in total. The summed E-state index contributed by atoms with van der Waals surface area (Å²) in [6.45, 7) is 0.556. The Morgan fingerprint density at radius 2 is 1.64 bits per heavy atom. The lowest BCUT2D eigenvalue weighted by Gasteiger charge is -2.44. The molecule has 14 heavy (non-hydrogen) atoms. The zero-order valence-electron chi connectivity index (χ0n) is 8.86. The normalized spacial score (nSPS) is 43.3. The molecule has 0 aromatic rings. The number of fused-ring (bicyclic) bond motifs is 1. The molecular weight excluding hydrogens is 176 g/mol. The molecule has 0 heterocycles. The van der Waals surface area contributed by atoms with Crippen LogP contribution in [0.4, 0.5) is 0 Å². The summed E-state index contributed by atoms with van der Waals surface area (Å²) in [5.74, 6) is 2.32. The van der Waals surface area contributed by atoms with E-state index in [-0.39, 0.29) is 13.2 Å². The van der Waals surface area contributed by atoms with Crippen molar-refractivity contribution in [1.29, 1.82) is 0 Å². The first-order valence-electron chi connectivity index (χ1n) is 6.08. The highest BCUT2D eigenvalue weighted by atomic mass is 16.3. The van der Waals surface area contributed by atoms with Gasteiger partial charge in [-0.05, 0) is 42.9 Å². The lowest BCUT2D eigenvalue weighted by molar-refractivity contribution is -0.00530. The van der Waals surface area contributed by atoms with Crippen LogP contribution in [-0.2, 0) is 0 Å². The molecule has 0 radical (unpaired) electrons. The summed E-state index contributed by atoms with van der Waals surface area (Å²) in [4.78, 5) is 0. The summed E-state index contributed by atoms with van der Waals surface area (Å²) in [5.41, 5.74) is 0. The SMILES string of the molecule is OCC1CCC2CCCCC2C1CO. The lowest BCUT2D eigenvalue weighted by atomic mass is 9.62. The maximum absolute atomic E-state index is 9.42. The molecule has 4 unspecified atom stereocenters. The Bertz CT molecular complexity index is 175. The third-order valence-corrected chi connectivity index (χ3v) is 4.48. The smallest absolute Gasteiger partial charge is 0.0465 e. The van der Waals surface area contributed by atoms with E-state index in [1.165, 1.54) is 32.1 Å². The van der Waals surface area contributed by atoms with E-state index in [4.69, 9.17) is 0 Å². The second kappa shape index (κ2) is 4.63. The average molecular weight is 198 g/mol. The standard InChI is InChI=1S/C12H22O2/c13-7-10-6-5-9-3-1-2-4-11(9)12(10)8-14/h9-14H,1-8H2. The Morgan fingerprint density at radius 1 is 0.857 bits per heavy atom. The zero-order valence-corrected chi connectivity index (χ0v) is 8.86. The van der Waals surface area contributed by atoms with E-state index < -0.39 is 0 Å². The first kappa shape index (κ1) is 10.4. The van der Waals surface area contributed by atoms with Crippen molar-refractivity contribution < 1.29 is 10.2 Å². The summed E-state index contributed by atoms with van der Waals surface area (Å²) in [5, 5.41) is 18.7. The van der Waals surface area contributed by atoms with E-state index >= 15 is 0 Å². The van der Waals surface area contributed by atoms with Gasteiger partial charge in [0.15, 0.2) is 0 Å². The van der Waals surface area contributed by atoms with Crippen LogP contribution in [0.3, 0.4) is 0 Å². The van der Waals surface area contributed by atoms with Crippen LogP contribution >= 0.6 is 0 Å². The Kier molecular flexibility index (Phi) is 3.45. The number of rotatable bonds is 2. The Balaban J connectivity index is 2.04. The van der Waals surface area contributed by atoms with Crippen molar-refractivity contribution in [3.63, 3.8) is 0 Å². The van der Waals surface area contributed by atoms with Crippen molar-refractivity contribution in [3.05, 3.63) is 0 Å². The monoisotopic (exact) mass is 198 g/mol. The lowest BCUT2D eigenvalue weighted by Crippen LogP contribution is -2.39. The number of hydrogen-bond acceptors (Lipinski definition) is 2. The van der Waals surface area contributed by atoms with Crippen molar-refractivity contribution in [2.24, 2.45) is 23.7 Å². The quantitative estimate of drug-likeness (QED) is 0.710. The molecule has 0 saturated heterocycles. The van der Waals surface area contributed by atoms with E-state index in [0.29, 0.717) is 17.8 Å². The van der Waals surface area contributed by atoms with Crippen molar-refractivity contribution in [3.8, 4) is 0 Å². The number of aliphatic hydroxyl groups excluding tert-OH is 2. The fraction of sp³-hybridized carbons (Fsp3) is 1.00. The van der Waals surface area contributed by atoms with Crippen LogP contribution in [-0.4, -0.2) is 23.4 Å². The molecule has 0 aromatic heterocycles. The Morgan fingerprint density at radius 3 is 2.36 bits per heavy atom.